The van der Waals surface area contributed by atoms with E-state index >= 15 is 0 Å². The van der Waals surface area contributed by atoms with Gasteiger partial charge in [-0.05, 0) is 29.0 Å². The summed E-state index contributed by atoms with van der Waals surface area (Å²) in [7, 11) is 0. The van der Waals surface area contributed by atoms with E-state index in [1.807, 2.05) is 0 Å². The first kappa shape index (κ1) is 10.2. The molecule has 0 aliphatic rings. The third-order valence-electron chi connectivity index (χ3n) is 1.13. The van der Waals surface area contributed by atoms with Crippen molar-refractivity contribution in [3.8, 4) is 0 Å². The maximum atomic E-state index is 8.53. The van der Waals surface area contributed by atoms with E-state index < -0.39 is 0 Å². The van der Waals surface area contributed by atoms with E-state index in [0.717, 1.165) is 20.9 Å². The summed E-state index contributed by atoms with van der Waals surface area (Å²) in [5.74, 6) is 0.872. The Labute approximate surface area is 89.1 Å². The average molecular weight is 296 g/mol. The fraction of sp³-hybridized carbons (Fsp3) is 0.429. The molecule has 0 fully saturated rings. The van der Waals surface area contributed by atoms with Gasteiger partial charge in [-0.3, -0.25) is 0 Å². The maximum absolute atomic E-state index is 8.53. The second-order valence-corrected chi connectivity index (χ2v) is 4.42. The molecule has 1 aromatic rings. The third-order valence-corrected chi connectivity index (χ3v) is 2.65. The van der Waals surface area contributed by atoms with Gasteiger partial charge in [0.05, 0.1) is 0 Å². The van der Waals surface area contributed by atoms with Gasteiger partial charge in [0.25, 0.3) is 0 Å². The molecule has 1 rings (SSSR count). The minimum Gasteiger partial charge on any atom is -0.396 e. The summed E-state index contributed by atoms with van der Waals surface area (Å²) >= 11 is 3.74. The van der Waals surface area contributed by atoms with Crippen LogP contribution in [-0.2, 0) is 0 Å². The van der Waals surface area contributed by atoms with Gasteiger partial charge in [-0.15, -0.1) is 0 Å². The molecule has 5 heteroatoms. The molecule has 3 nitrogen and oxygen atoms in total. The van der Waals surface area contributed by atoms with Gasteiger partial charge in [0.2, 0.25) is 0 Å². The lowest BCUT2D eigenvalue weighted by molar-refractivity contribution is 0.296. The second-order valence-electron chi connectivity index (χ2n) is 2.11. The quantitative estimate of drug-likeness (QED) is 0.396. The maximum Gasteiger partial charge on any atom is 0.187 e. The zero-order valence-electron chi connectivity index (χ0n) is 6.40. The summed E-state index contributed by atoms with van der Waals surface area (Å²) in [5.41, 5.74) is 0. The van der Waals surface area contributed by atoms with Gasteiger partial charge >= 0.3 is 0 Å². The molecular weight excluding hydrogens is 287 g/mol. The van der Waals surface area contributed by atoms with Crippen LogP contribution in [0.4, 0.5) is 0 Å². The molecule has 0 aromatic carbocycles. The molecule has 0 aliphatic carbocycles. The Bertz CT molecular complexity index is 229. The van der Waals surface area contributed by atoms with Crippen LogP contribution in [0.2, 0.25) is 0 Å². The van der Waals surface area contributed by atoms with Crippen LogP contribution in [-0.4, -0.2) is 27.4 Å². The number of hydrogen-bond acceptors (Lipinski definition) is 4. The largest absolute Gasteiger partial charge is 0.396 e. The van der Waals surface area contributed by atoms with Gasteiger partial charge < -0.3 is 5.11 Å². The van der Waals surface area contributed by atoms with E-state index in [-0.39, 0.29) is 6.61 Å². The van der Waals surface area contributed by atoms with Gasteiger partial charge in [-0.25, -0.2) is 9.97 Å². The fourth-order valence-corrected chi connectivity index (χ4v) is 1.59. The number of aliphatic hydroxyl groups excluding tert-OH is 1. The van der Waals surface area contributed by atoms with Crippen molar-refractivity contribution in [1.29, 1.82) is 0 Å². The Hall–Kier alpha value is 0.120. The van der Waals surface area contributed by atoms with Crippen molar-refractivity contribution < 1.29 is 5.11 Å². The van der Waals surface area contributed by atoms with Crippen LogP contribution in [0.5, 0.6) is 0 Å². The van der Waals surface area contributed by atoms with Crippen molar-refractivity contribution in [3.63, 3.8) is 0 Å². The smallest absolute Gasteiger partial charge is 0.187 e. The number of aromatic nitrogens is 2. The molecule has 0 atom stereocenters. The average Bonchev–Trinajstić information content (AvgIpc) is 2.09. The molecule has 0 radical (unpaired) electrons. The summed E-state index contributed by atoms with van der Waals surface area (Å²) < 4.78 is 1.04. The molecule has 0 unspecified atom stereocenters. The summed E-state index contributed by atoms with van der Waals surface area (Å²) in [5, 5.41) is 9.31. The first-order chi connectivity index (χ1) is 5.83. The van der Waals surface area contributed by atoms with E-state index in [1.54, 1.807) is 24.2 Å². The standard InChI is InChI=1S/C7H9IN2OS/c8-6-4-9-7(10-5-6)12-3-1-2-11/h4-5,11H,1-3H2. The summed E-state index contributed by atoms with van der Waals surface area (Å²) in [6.07, 6.45) is 4.36. The molecule has 0 spiro atoms. The van der Waals surface area contributed by atoms with Crippen molar-refractivity contribution in [2.45, 2.75) is 11.6 Å². The van der Waals surface area contributed by atoms with Gasteiger partial charge in [-0.2, -0.15) is 0 Å². The normalized spacial score (nSPS) is 10.2. The molecule has 1 heterocycles. The highest BCUT2D eigenvalue weighted by Crippen LogP contribution is 2.13. The van der Waals surface area contributed by atoms with E-state index in [1.165, 1.54) is 0 Å². The molecule has 66 valence electrons. The van der Waals surface area contributed by atoms with Crippen LogP contribution >= 0.6 is 34.4 Å². The van der Waals surface area contributed by atoms with E-state index in [4.69, 9.17) is 5.11 Å². The van der Waals surface area contributed by atoms with E-state index in [9.17, 15) is 0 Å². The van der Waals surface area contributed by atoms with Crippen molar-refractivity contribution in [2.24, 2.45) is 0 Å². The van der Waals surface area contributed by atoms with Crippen molar-refractivity contribution in [3.05, 3.63) is 16.0 Å². The van der Waals surface area contributed by atoms with Crippen LogP contribution in [0.15, 0.2) is 17.6 Å². The molecule has 0 aliphatic heterocycles. The predicted molar refractivity (Wildman–Crippen MR) is 57.2 cm³/mol. The van der Waals surface area contributed by atoms with Gasteiger partial charge in [-0.1, -0.05) is 11.8 Å². The number of nitrogens with zero attached hydrogens (tertiary/aromatic N) is 2. The summed E-state index contributed by atoms with van der Waals surface area (Å²) in [6, 6.07) is 0. The highest BCUT2D eigenvalue weighted by atomic mass is 127. The first-order valence-electron chi connectivity index (χ1n) is 3.54. The van der Waals surface area contributed by atoms with Crippen LogP contribution in [0.1, 0.15) is 6.42 Å². The molecule has 12 heavy (non-hydrogen) atoms. The Balaban J connectivity index is 2.37. The number of aliphatic hydroxyl groups is 1. The molecular formula is C7H9IN2OS. The molecule has 0 bridgehead atoms. The van der Waals surface area contributed by atoms with Gasteiger partial charge in [0.1, 0.15) is 0 Å². The highest BCUT2D eigenvalue weighted by molar-refractivity contribution is 14.1. The molecule has 0 saturated heterocycles. The number of rotatable bonds is 4. The minimum atomic E-state index is 0.234. The zero-order valence-corrected chi connectivity index (χ0v) is 9.38. The minimum absolute atomic E-state index is 0.234. The molecule has 0 amide bonds. The van der Waals surface area contributed by atoms with Gasteiger partial charge in [0, 0.05) is 28.3 Å². The van der Waals surface area contributed by atoms with Crippen LogP contribution in [0, 0.1) is 3.57 Å². The van der Waals surface area contributed by atoms with E-state index in [0.29, 0.717) is 0 Å². The van der Waals surface area contributed by atoms with Crippen LogP contribution < -0.4 is 0 Å². The Morgan fingerprint density at radius 1 is 1.42 bits per heavy atom. The van der Waals surface area contributed by atoms with Crippen molar-refractivity contribution in [1.82, 2.24) is 9.97 Å². The van der Waals surface area contributed by atoms with E-state index in [2.05, 4.69) is 32.6 Å². The summed E-state index contributed by atoms with van der Waals surface area (Å²) in [6.45, 7) is 0.234. The number of thioether (sulfide) groups is 1. The Kier molecular flexibility index (Phi) is 4.86. The monoisotopic (exact) mass is 296 g/mol. The molecule has 0 saturated carbocycles. The topological polar surface area (TPSA) is 46.0 Å². The Morgan fingerprint density at radius 3 is 2.67 bits per heavy atom. The van der Waals surface area contributed by atoms with Gasteiger partial charge in [0.15, 0.2) is 5.16 Å². The number of halogens is 1. The lowest BCUT2D eigenvalue weighted by Gasteiger charge is -1.97. The Morgan fingerprint density at radius 2 is 2.08 bits per heavy atom. The zero-order chi connectivity index (χ0) is 8.81. The fourth-order valence-electron chi connectivity index (χ4n) is 0.603. The molecule has 1 N–H and O–H groups in total. The predicted octanol–water partition coefficient (Wildman–Crippen LogP) is 1.56. The third kappa shape index (κ3) is 3.68. The molecule has 1 aromatic heterocycles. The highest BCUT2D eigenvalue weighted by Gasteiger charge is 1.95. The lowest BCUT2D eigenvalue weighted by Crippen LogP contribution is -1.90. The number of hydrogen-bond donors (Lipinski definition) is 1. The first-order valence-corrected chi connectivity index (χ1v) is 5.60. The van der Waals surface area contributed by atoms with Crippen LogP contribution in [0.25, 0.3) is 0 Å². The lowest BCUT2D eigenvalue weighted by atomic mass is 10.5. The van der Waals surface area contributed by atoms with Crippen LogP contribution in [0.3, 0.4) is 0 Å². The van der Waals surface area contributed by atoms with Crippen molar-refractivity contribution >= 4 is 34.4 Å². The van der Waals surface area contributed by atoms with Crippen molar-refractivity contribution in [2.75, 3.05) is 12.4 Å². The second kappa shape index (κ2) is 5.71. The SMILES string of the molecule is OCCCSc1ncc(I)cn1. The summed E-state index contributed by atoms with van der Waals surface area (Å²) in [4.78, 5) is 8.23.